The zero-order chi connectivity index (χ0) is 16.3. The van der Waals surface area contributed by atoms with Gasteiger partial charge in [-0.05, 0) is 42.0 Å². The zero-order valence-electron chi connectivity index (χ0n) is 13.5. The molecular formula is C19H21N3O2. The van der Waals surface area contributed by atoms with Crippen LogP contribution in [0, 0.1) is 5.92 Å². The van der Waals surface area contributed by atoms with Crippen molar-refractivity contribution in [2.24, 2.45) is 5.92 Å². The maximum Gasteiger partial charge on any atom is 0.230 e. The Labute approximate surface area is 140 Å². The Balaban J connectivity index is 1.58. The molecule has 24 heavy (non-hydrogen) atoms. The van der Waals surface area contributed by atoms with Crippen molar-refractivity contribution >= 4 is 22.4 Å². The Bertz CT molecular complexity index is 861. The third kappa shape index (κ3) is 1.94. The van der Waals surface area contributed by atoms with Crippen LogP contribution < -0.4 is 5.32 Å². The molecule has 0 saturated carbocycles. The molecule has 3 heterocycles. The van der Waals surface area contributed by atoms with Gasteiger partial charge in [-0.15, -0.1) is 0 Å². The minimum absolute atomic E-state index is 0.0811. The van der Waals surface area contributed by atoms with E-state index < -0.39 is 0 Å². The van der Waals surface area contributed by atoms with Gasteiger partial charge in [0.15, 0.2) is 0 Å². The van der Waals surface area contributed by atoms with E-state index in [4.69, 9.17) is 0 Å². The molecule has 124 valence electrons. The van der Waals surface area contributed by atoms with Crippen molar-refractivity contribution in [3.8, 4) is 0 Å². The predicted molar refractivity (Wildman–Crippen MR) is 91.9 cm³/mol. The van der Waals surface area contributed by atoms with Gasteiger partial charge in [0.2, 0.25) is 5.91 Å². The Morgan fingerprint density at radius 3 is 2.92 bits per heavy atom. The van der Waals surface area contributed by atoms with Crippen LogP contribution >= 0.6 is 0 Å². The minimum Gasteiger partial charge on any atom is -0.428 e. The number of nitrogens with zero attached hydrogens (tertiary/aromatic N) is 2. The molecule has 2 N–H and O–H groups in total. The molecule has 5 heteroatoms. The summed E-state index contributed by atoms with van der Waals surface area (Å²) >= 11 is 0. The number of aromatic nitrogens is 1. The summed E-state index contributed by atoms with van der Waals surface area (Å²) in [6, 6.07) is 6.25. The molecule has 2 atom stereocenters. The molecule has 0 unspecified atom stereocenters. The third-order valence-corrected chi connectivity index (χ3v) is 5.70. The van der Waals surface area contributed by atoms with Crippen molar-refractivity contribution in [1.82, 2.24) is 14.9 Å². The van der Waals surface area contributed by atoms with Crippen molar-refractivity contribution in [2.45, 2.75) is 25.3 Å². The second kappa shape index (κ2) is 5.11. The highest BCUT2D eigenvalue weighted by atomic mass is 16.5. The summed E-state index contributed by atoms with van der Waals surface area (Å²) in [7, 11) is 0. The minimum atomic E-state index is -0.0811. The van der Waals surface area contributed by atoms with Crippen LogP contribution in [0.25, 0.3) is 16.5 Å². The van der Waals surface area contributed by atoms with Gasteiger partial charge in [-0.1, -0.05) is 18.2 Å². The SMILES string of the molecule is O=C([C@@H]1C=C2c3cccc4c3c(cn4O)C[C@H]2NC1)N1CCCC1. The van der Waals surface area contributed by atoms with Crippen LogP contribution in [0.3, 0.4) is 0 Å². The Morgan fingerprint density at radius 1 is 1.25 bits per heavy atom. The van der Waals surface area contributed by atoms with Crippen LogP contribution in [0.4, 0.5) is 0 Å². The number of amides is 1. The second-order valence-corrected chi connectivity index (χ2v) is 7.12. The van der Waals surface area contributed by atoms with Crippen LogP contribution in [0.2, 0.25) is 0 Å². The highest BCUT2D eigenvalue weighted by Crippen LogP contribution is 2.39. The fraction of sp³-hybridized carbons (Fsp3) is 0.421. The monoisotopic (exact) mass is 323 g/mol. The molecule has 3 aliphatic rings. The van der Waals surface area contributed by atoms with Crippen molar-refractivity contribution in [3.05, 3.63) is 41.6 Å². The summed E-state index contributed by atoms with van der Waals surface area (Å²) in [4.78, 5) is 14.8. The molecule has 0 bridgehead atoms. The second-order valence-electron chi connectivity index (χ2n) is 7.12. The summed E-state index contributed by atoms with van der Waals surface area (Å²) in [5, 5.41) is 14.8. The Morgan fingerprint density at radius 2 is 2.08 bits per heavy atom. The number of rotatable bonds is 1. The third-order valence-electron chi connectivity index (χ3n) is 5.70. The molecular weight excluding hydrogens is 302 g/mol. The largest absolute Gasteiger partial charge is 0.428 e. The number of likely N-dealkylation sites (tertiary alicyclic amines) is 1. The fourth-order valence-corrected chi connectivity index (χ4v) is 4.53. The maximum atomic E-state index is 12.8. The molecule has 5 nitrogen and oxygen atoms in total. The molecule has 0 radical (unpaired) electrons. The van der Waals surface area contributed by atoms with Gasteiger partial charge in [-0.3, -0.25) is 4.79 Å². The van der Waals surface area contributed by atoms with E-state index in [0.29, 0.717) is 6.54 Å². The first-order chi connectivity index (χ1) is 11.7. The highest BCUT2D eigenvalue weighted by molar-refractivity contribution is 5.99. The van der Waals surface area contributed by atoms with Gasteiger partial charge in [0.25, 0.3) is 0 Å². The normalized spacial score (nSPS) is 25.7. The van der Waals surface area contributed by atoms with Crippen molar-refractivity contribution < 1.29 is 10.0 Å². The van der Waals surface area contributed by atoms with Crippen LogP contribution in [-0.2, 0) is 11.2 Å². The lowest BCUT2D eigenvalue weighted by Crippen LogP contribution is -2.46. The van der Waals surface area contributed by atoms with E-state index in [1.54, 1.807) is 0 Å². The number of benzene rings is 1. The maximum absolute atomic E-state index is 12.8. The van der Waals surface area contributed by atoms with Crippen molar-refractivity contribution in [1.29, 1.82) is 0 Å². The first-order valence-electron chi connectivity index (χ1n) is 8.79. The van der Waals surface area contributed by atoms with Crippen LogP contribution in [-0.4, -0.2) is 46.4 Å². The number of hydrogen-bond donors (Lipinski definition) is 2. The van der Waals surface area contributed by atoms with Gasteiger partial charge in [0.05, 0.1) is 11.4 Å². The topological polar surface area (TPSA) is 57.5 Å². The standard InChI is InChI=1S/C19H21N3O2/c23-19(21-6-1-2-7-21)12-8-15-14-4-3-5-17-18(14)13(11-22(17)24)9-16(15)20-10-12/h3-5,8,11-12,16,20,24H,1-2,6-7,9-10H2/t12-,16-/m1/s1. The number of hydrogen-bond acceptors (Lipinski definition) is 3. The summed E-state index contributed by atoms with van der Waals surface area (Å²) in [6.07, 6.45) is 7.09. The molecule has 0 spiro atoms. The lowest BCUT2D eigenvalue weighted by Gasteiger charge is -2.34. The smallest absolute Gasteiger partial charge is 0.230 e. The Hall–Kier alpha value is -2.27. The van der Waals surface area contributed by atoms with Crippen LogP contribution in [0.15, 0.2) is 30.5 Å². The average Bonchev–Trinajstić information content (AvgIpc) is 3.24. The molecule has 2 aliphatic heterocycles. The molecule has 1 fully saturated rings. The molecule has 1 aliphatic carbocycles. The van der Waals surface area contributed by atoms with Gasteiger partial charge in [0.1, 0.15) is 0 Å². The Kier molecular flexibility index (Phi) is 3.00. The van der Waals surface area contributed by atoms with Gasteiger partial charge in [0, 0.05) is 37.3 Å². The lowest BCUT2D eigenvalue weighted by molar-refractivity contribution is -0.132. The molecule has 1 aromatic heterocycles. The van der Waals surface area contributed by atoms with Gasteiger partial charge in [-0.2, -0.15) is 4.73 Å². The van der Waals surface area contributed by atoms with E-state index >= 15 is 0 Å². The first kappa shape index (κ1) is 14.1. The van der Waals surface area contributed by atoms with E-state index in [-0.39, 0.29) is 17.9 Å². The number of carbonyl (C=O) groups excluding carboxylic acids is 1. The fourth-order valence-electron chi connectivity index (χ4n) is 4.53. The predicted octanol–water partition coefficient (Wildman–Crippen LogP) is 2.03. The summed E-state index contributed by atoms with van der Waals surface area (Å²) in [5.41, 5.74) is 4.37. The van der Waals surface area contributed by atoms with E-state index in [1.165, 1.54) is 15.9 Å². The summed E-state index contributed by atoms with van der Waals surface area (Å²) < 4.78 is 1.22. The van der Waals surface area contributed by atoms with E-state index in [2.05, 4.69) is 17.5 Å². The van der Waals surface area contributed by atoms with E-state index in [1.807, 2.05) is 23.2 Å². The van der Waals surface area contributed by atoms with Gasteiger partial charge in [-0.25, -0.2) is 0 Å². The van der Waals surface area contributed by atoms with E-state index in [0.717, 1.165) is 48.8 Å². The molecule has 1 aromatic carbocycles. The summed E-state index contributed by atoms with van der Waals surface area (Å²) in [6.45, 7) is 2.50. The molecule has 1 saturated heterocycles. The first-order valence-corrected chi connectivity index (χ1v) is 8.79. The van der Waals surface area contributed by atoms with Crippen molar-refractivity contribution in [2.75, 3.05) is 19.6 Å². The lowest BCUT2D eigenvalue weighted by atomic mass is 9.80. The average molecular weight is 323 g/mol. The molecule has 2 aromatic rings. The van der Waals surface area contributed by atoms with Gasteiger partial charge < -0.3 is 15.4 Å². The van der Waals surface area contributed by atoms with Crippen LogP contribution in [0.5, 0.6) is 0 Å². The van der Waals surface area contributed by atoms with Gasteiger partial charge >= 0.3 is 0 Å². The van der Waals surface area contributed by atoms with Crippen LogP contribution in [0.1, 0.15) is 24.0 Å². The zero-order valence-corrected chi connectivity index (χ0v) is 13.5. The summed E-state index contributed by atoms with van der Waals surface area (Å²) in [5.74, 6) is 0.172. The number of carbonyl (C=O) groups is 1. The highest BCUT2D eigenvalue weighted by Gasteiger charge is 2.34. The number of fused-ring (bicyclic) bond motifs is 2. The van der Waals surface area contributed by atoms with E-state index in [9.17, 15) is 10.0 Å². The molecule has 1 amide bonds. The molecule has 5 rings (SSSR count). The van der Waals surface area contributed by atoms with Crippen molar-refractivity contribution in [3.63, 3.8) is 0 Å². The number of nitrogens with one attached hydrogen (secondary N) is 1. The quantitative estimate of drug-likeness (QED) is 0.790.